The number of fused-ring (bicyclic) bond motifs is 1. The molecule has 0 fully saturated rings. The highest BCUT2D eigenvalue weighted by atomic mass is 35.5. The first-order chi connectivity index (χ1) is 11.5. The normalized spacial score (nSPS) is 13.4. The van der Waals surface area contributed by atoms with Gasteiger partial charge >= 0.3 is 5.97 Å². The Hall–Kier alpha value is -2.25. The molecule has 0 aliphatic carbocycles. The number of rotatable bonds is 5. The van der Waals surface area contributed by atoms with Crippen LogP contribution in [0.1, 0.15) is 28.2 Å². The molecule has 6 nitrogen and oxygen atoms in total. The van der Waals surface area contributed by atoms with Crippen molar-refractivity contribution in [2.75, 3.05) is 13.4 Å². The molecule has 2 aromatic rings. The van der Waals surface area contributed by atoms with Crippen LogP contribution in [-0.4, -0.2) is 25.3 Å². The molecule has 1 aromatic heterocycles. The number of thiophene rings is 1. The summed E-state index contributed by atoms with van der Waals surface area (Å²) in [7, 11) is 0. The Morgan fingerprint density at radius 3 is 2.83 bits per heavy atom. The number of ether oxygens (including phenoxy) is 3. The minimum absolute atomic E-state index is 0.197. The van der Waals surface area contributed by atoms with Gasteiger partial charge in [-0.1, -0.05) is 17.7 Å². The summed E-state index contributed by atoms with van der Waals surface area (Å²) in [5, 5.41) is 2.76. The minimum Gasteiger partial charge on any atom is -0.454 e. The van der Waals surface area contributed by atoms with Gasteiger partial charge in [0.15, 0.2) is 18.1 Å². The second-order valence-electron chi connectivity index (χ2n) is 5.08. The van der Waals surface area contributed by atoms with Gasteiger partial charge < -0.3 is 19.5 Å². The first-order valence-electron chi connectivity index (χ1n) is 7.14. The van der Waals surface area contributed by atoms with E-state index in [2.05, 4.69) is 5.32 Å². The summed E-state index contributed by atoms with van der Waals surface area (Å²) in [5.41, 5.74) is 0.865. The summed E-state index contributed by atoms with van der Waals surface area (Å²) in [4.78, 5) is 24.1. The Balaban J connectivity index is 1.52. The first-order valence-corrected chi connectivity index (χ1v) is 8.34. The van der Waals surface area contributed by atoms with Crippen molar-refractivity contribution in [2.24, 2.45) is 0 Å². The molecule has 126 valence electrons. The summed E-state index contributed by atoms with van der Waals surface area (Å²) in [6.45, 7) is 1.67. The number of hydrogen-bond donors (Lipinski definition) is 1. The topological polar surface area (TPSA) is 73.9 Å². The van der Waals surface area contributed by atoms with E-state index >= 15 is 0 Å². The highest BCUT2D eigenvalue weighted by molar-refractivity contribution is 7.17. The number of halogens is 1. The molecule has 0 spiro atoms. The van der Waals surface area contributed by atoms with Crippen molar-refractivity contribution in [3.8, 4) is 11.5 Å². The molecule has 2 heterocycles. The average molecular weight is 368 g/mol. The van der Waals surface area contributed by atoms with Gasteiger partial charge in [-0.25, -0.2) is 4.79 Å². The zero-order valence-corrected chi connectivity index (χ0v) is 14.3. The zero-order chi connectivity index (χ0) is 17.1. The average Bonchev–Trinajstić information content (AvgIpc) is 3.20. The Morgan fingerprint density at radius 2 is 2.08 bits per heavy atom. The summed E-state index contributed by atoms with van der Waals surface area (Å²) in [6, 6.07) is 8.35. The van der Waals surface area contributed by atoms with E-state index in [4.69, 9.17) is 25.8 Å². The fourth-order valence-corrected chi connectivity index (χ4v) is 3.11. The lowest BCUT2D eigenvalue weighted by atomic mass is 10.1. The highest BCUT2D eigenvalue weighted by Crippen LogP contribution is 2.34. The van der Waals surface area contributed by atoms with Gasteiger partial charge in [-0.15, -0.1) is 11.3 Å². The molecule has 1 atom stereocenters. The predicted octanol–water partition coefficient (Wildman–Crippen LogP) is 3.16. The molecule has 0 bridgehead atoms. The molecular formula is C16H14ClNO5S. The predicted molar refractivity (Wildman–Crippen MR) is 88.7 cm³/mol. The SMILES string of the molecule is C[C@H](NC(=O)COC(=O)c1ccc(Cl)s1)c1ccc2c(c1)OCO2. The standard InChI is InChI=1S/C16H14ClNO5S/c1-9(10-2-3-11-12(6-10)23-8-22-11)18-15(19)7-21-16(20)13-4-5-14(17)24-13/h2-6,9H,7-8H2,1H3,(H,18,19)/t9-/m0/s1. The number of benzene rings is 1. The largest absolute Gasteiger partial charge is 0.454 e. The number of carbonyl (C=O) groups excluding carboxylic acids is 2. The fourth-order valence-electron chi connectivity index (χ4n) is 2.18. The number of esters is 1. The van der Waals surface area contributed by atoms with Crippen molar-refractivity contribution in [3.05, 3.63) is 45.1 Å². The van der Waals surface area contributed by atoms with Crippen LogP contribution in [-0.2, 0) is 9.53 Å². The van der Waals surface area contributed by atoms with E-state index in [1.807, 2.05) is 19.1 Å². The van der Waals surface area contributed by atoms with Crippen LogP contribution in [0.3, 0.4) is 0 Å². The Labute approximate surface area is 147 Å². The Kier molecular flexibility index (Phi) is 4.92. The molecule has 1 N–H and O–H groups in total. The summed E-state index contributed by atoms with van der Waals surface area (Å²) in [6.07, 6.45) is 0. The molecule has 8 heteroatoms. The van der Waals surface area contributed by atoms with Crippen molar-refractivity contribution in [3.63, 3.8) is 0 Å². The fraction of sp³-hybridized carbons (Fsp3) is 0.250. The van der Waals surface area contributed by atoms with Gasteiger partial charge in [0.1, 0.15) is 4.88 Å². The van der Waals surface area contributed by atoms with E-state index < -0.39 is 11.9 Å². The van der Waals surface area contributed by atoms with Crippen molar-refractivity contribution in [1.82, 2.24) is 5.32 Å². The van der Waals surface area contributed by atoms with Crippen molar-refractivity contribution < 1.29 is 23.8 Å². The van der Waals surface area contributed by atoms with Gasteiger partial charge in [-0.3, -0.25) is 4.79 Å². The Bertz CT molecular complexity index is 776. The third-order valence-corrected chi connectivity index (χ3v) is 4.59. The quantitative estimate of drug-likeness (QED) is 0.822. The lowest BCUT2D eigenvalue weighted by Gasteiger charge is -2.14. The number of amides is 1. The summed E-state index contributed by atoms with van der Waals surface area (Å²) in [5.74, 6) is 0.365. The molecule has 0 radical (unpaired) electrons. The maximum absolute atomic E-state index is 11.9. The van der Waals surface area contributed by atoms with Gasteiger partial charge in [-0.2, -0.15) is 0 Å². The second kappa shape index (κ2) is 7.11. The van der Waals surface area contributed by atoms with E-state index in [1.54, 1.807) is 18.2 Å². The number of carbonyl (C=O) groups is 2. The lowest BCUT2D eigenvalue weighted by Crippen LogP contribution is -2.31. The molecule has 3 rings (SSSR count). The maximum Gasteiger partial charge on any atom is 0.348 e. The van der Waals surface area contributed by atoms with Gasteiger partial charge in [0.05, 0.1) is 10.4 Å². The van der Waals surface area contributed by atoms with E-state index in [-0.39, 0.29) is 19.4 Å². The molecule has 1 amide bonds. The lowest BCUT2D eigenvalue weighted by molar-refractivity contribution is -0.124. The van der Waals surface area contributed by atoms with Crippen LogP contribution in [0.2, 0.25) is 4.34 Å². The van der Waals surface area contributed by atoms with E-state index in [9.17, 15) is 9.59 Å². The molecule has 0 saturated carbocycles. The van der Waals surface area contributed by atoms with E-state index in [0.717, 1.165) is 16.9 Å². The first kappa shape index (κ1) is 16.6. The van der Waals surface area contributed by atoms with Gasteiger partial charge in [-0.05, 0) is 36.8 Å². The third kappa shape index (κ3) is 3.80. The highest BCUT2D eigenvalue weighted by Gasteiger charge is 2.18. The van der Waals surface area contributed by atoms with Crippen LogP contribution >= 0.6 is 22.9 Å². The van der Waals surface area contributed by atoms with Gasteiger partial charge in [0, 0.05) is 0 Å². The monoisotopic (exact) mass is 367 g/mol. The second-order valence-corrected chi connectivity index (χ2v) is 6.80. The smallest absolute Gasteiger partial charge is 0.348 e. The minimum atomic E-state index is -0.571. The van der Waals surface area contributed by atoms with Crippen LogP contribution in [0.25, 0.3) is 0 Å². The number of hydrogen-bond acceptors (Lipinski definition) is 6. The number of nitrogens with one attached hydrogen (secondary N) is 1. The Morgan fingerprint density at radius 1 is 1.29 bits per heavy atom. The molecular weight excluding hydrogens is 354 g/mol. The molecule has 0 saturated heterocycles. The molecule has 1 aliphatic rings. The van der Waals surface area contributed by atoms with Crippen molar-refractivity contribution >= 4 is 34.8 Å². The molecule has 1 aromatic carbocycles. The molecule has 24 heavy (non-hydrogen) atoms. The van der Waals surface area contributed by atoms with Gasteiger partial charge in [0.2, 0.25) is 6.79 Å². The molecule has 1 aliphatic heterocycles. The summed E-state index contributed by atoms with van der Waals surface area (Å²) < 4.78 is 16.0. The zero-order valence-electron chi connectivity index (χ0n) is 12.7. The van der Waals surface area contributed by atoms with Crippen molar-refractivity contribution in [1.29, 1.82) is 0 Å². The van der Waals surface area contributed by atoms with Gasteiger partial charge in [0.25, 0.3) is 5.91 Å². The summed E-state index contributed by atoms with van der Waals surface area (Å²) >= 11 is 6.86. The third-order valence-electron chi connectivity index (χ3n) is 3.38. The van der Waals surface area contributed by atoms with Crippen LogP contribution in [0, 0.1) is 0 Å². The van der Waals surface area contributed by atoms with E-state index in [0.29, 0.717) is 20.7 Å². The van der Waals surface area contributed by atoms with Crippen LogP contribution in [0.15, 0.2) is 30.3 Å². The van der Waals surface area contributed by atoms with Crippen LogP contribution < -0.4 is 14.8 Å². The van der Waals surface area contributed by atoms with E-state index in [1.165, 1.54) is 0 Å². The van der Waals surface area contributed by atoms with Crippen molar-refractivity contribution in [2.45, 2.75) is 13.0 Å². The molecule has 0 unspecified atom stereocenters. The van der Waals surface area contributed by atoms with Crippen LogP contribution in [0.4, 0.5) is 0 Å². The van der Waals surface area contributed by atoms with Crippen LogP contribution in [0.5, 0.6) is 11.5 Å². The maximum atomic E-state index is 11.9.